The SMILES string of the molecule is C=CCCCCOC(=O)[C@@H]1[C@H]2C(=O)N([C@@H](CO)CC(C)C)C(C(=O)N(CC=C)c3ccc(N(CC)CC)cc3)C23CC[C@H]1S3. The number of nitrogens with zero attached hydrogens (tertiary/aromatic N) is 3. The average molecular weight is 626 g/mol. The van der Waals surface area contributed by atoms with Crippen LogP contribution in [0.15, 0.2) is 49.6 Å². The van der Waals surface area contributed by atoms with Gasteiger partial charge in [0.15, 0.2) is 0 Å². The highest BCUT2D eigenvalue weighted by Gasteiger charge is 2.74. The molecule has 44 heavy (non-hydrogen) atoms. The summed E-state index contributed by atoms with van der Waals surface area (Å²) in [5, 5.41) is 10.5. The van der Waals surface area contributed by atoms with Crippen molar-refractivity contribution in [2.24, 2.45) is 17.8 Å². The number of unbranched alkanes of at least 4 members (excludes halogenated alkanes) is 2. The number of amides is 2. The lowest BCUT2D eigenvalue weighted by atomic mass is 9.71. The van der Waals surface area contributed by atoms with Crippen LogP contribution in [0.4, 0.5) is 11.4 Å². The zero-order valence-electron chi connectivity index (χ0n) is 27.0. The normalized spacial score (nSPS) is 26.0. The number of aliphatic hydroxyl groups excluding tert-OH is 1. The van der Waals surface area contributed by atoms with Gasteiger partial charge in [-0.3, -0.25) is 14.4 Å². The number of esters is 1. The maximum Gasteiger partial charge on any atom is 0.310 e. The van der Waals surface area contributed by atoms with Gasteiger partial charge in [0.25, 0.3) is 5.91 Å². The molecule has 242 valence electrons. The summed E-state index contributed by atoms with van der Waals surface area (Å²) in [5.41, 5.74) is 1.81. The quantitative estimate of drug-likeness (QED) is 0.140. The van der Waals surface area contributed by atoms with E-state index < -0.39 is 28.7 Å². The highest BCUT2D eigenvalue weighted by Crippen LogP contribution is 2.67. The van der Waals surface area contributed by atoms with Crippen LogP contribution in [0.5, 0.6) is 0 Å². The second-order valence-electron chi connectivity index (χ2n) is 12.6. The molecule has 1 aromatic rings. The van der Waals surface area contributed by atoms with Crippen molar-refractivity contribution in [1.82, 2.24) is 4.90 Å². The lowest BCUT2D eigenvalue weighted by Crippen LogP contribution is -2.57. The van der Waals surface area contributed by atoms with Crippen molar-refractivity contribution in [3.8, 4) is 0 Å². The minimum atomic E-state index is -0.807. The Labute approximate surface area is 267 Å². The number of fused-ring (bicyclic) bond motifs is 1. The first-order valence-electron chi connectivity index (χ1n) is 16.3. The molecule has 3 aliphatic heterocycles. The Kier molecular flexibility index (Phi) is 11.6. The predicted octanol–water partition coefficient (Wildman–Crippen LogP) is 5.45. The first kappa shape index (κ1) is 34.1. The highest BCUT2D eigenvalue weighted by molar-refractivity contribution is 8.02. The molecular formula is C35H51N3O5S. The molecule has 1 aromatic carbocycles. The molecule has 6 atom stereocenters. The second kappa shape index (κ2) is 15.0. The van der Waals surface area contributed by atoms with E-state index in [2.05, 4.69) is 31.9 Å². The van der Waals surface area contributed by atoms with E-state index in [1.807, 2.05) is 44.2 Å². The fourth-order valence-corrected chi connectivity index (χ4v) is 9.73. The molecule has 3 aliphatic rings. The molecular weight excluding hydrogens is 574 g/mol. The van der Waals surface area contributed by atoms with Gasteiger partial charge in [0.05, 0.1) is 35.8 Å². The van der Waals surface area contributed by atoms with E-state index in [1.54, 1.807) is 27.6 Å². The number of hydrogen-bond acceptors (Lipinski definition) is 7. The van der Waals surface area contributed by atoms with Crippen molar-refractivity contribution in [2.75, 3.05) is 42.6 Å². The fourth-order valence-electron chi connectivity index (χ4n) is 7.54. The number of ether oxygens (including phenoxy) is 1. The van der Waals surface area contributed by atoms with Crippen LogP contribution in [0, 0.1) is 17.8 Å². The van der Waals surface area contributed by atoms with Crippen molar-refractivity contribution >= 4 is 40.9 Å². The largest absolute Gasteiger partial charge is 0.465 e. The molecule has 2 bridgehead atoms. The summed E-state index contributed by atoms with van der Waals surface area (Å²) in [6.45, 7) is 18.1. The van der Waals surface area contributed by atoms with Crippen molar-refractivity contribution in [1.29, 1.82) is 0 Å². The number of thioether (sulfide) groups is 1. The van der Waals surface area contributed by atoms with Crippen molar-refractivity contribution in [3.63, 3.8) is 0 Å². The van der Waals surface area contributed by atoms with Crippen LogP contribution in [-0.2, 0) is 19.1 Å². The summed E-state index contributed by atoms with van der Waals surface area (Å²) in [7, 11) is 0. The molecule has 0 aliphatic carbocycles. The maximum atomic E-state index is 14.9. The maximum absolute atomic E-state index is 14.9. The summed E-state index contributed by atoms with van der Waals surface area (Å²) in [6, 6.07) is 6.62. The Hall–Kier alpha value is -2.78. The zero-order chi connectivity index (χ0) is 32.0. The summed E-state index contributed by atoms with van der Waals surface area (Å²) in [5.74, 6) is -1.79. The Bertz CT molecular complexity index is 1190. The number of likely N-dealkylation sites (tertiary alicyclic amines) is 1. The summed E-state index contributed by atoms with van der Waals surface area (Å²) < 4.78 is 4.99. The third-order valence-electron chi connectivity index (χ3n) is 9.51. The molecule has 2 amide bonds. The summed E-state index contributed by atoms with van der Waals surface area (Å²) in [6.07, 6.45) is 8.01. The number of carbonyl (C=O) groups is 3. The first-order chi connectivity index (χ1) is 21.2. The lowest BCUT2D eigenvalue weighted by Gasteiger charge is -2.40. The topological polar surface area (TPSA) is 90.4 Å². The number of carbonyl (C=O) groups excluding carboxylic acids is 3. The predicted molar refractivity (Wildman–Crippen MR) is 179 cm³/mol. The van der Waals surface area contributed by atoms with Gasteiger partial charge in [0.1, 0.15) is 6.04 Å². The third kappa shape index (κ3) is 6.45. The van der Waals surface area contributed by atoms with Gasteiger partial charge in [-0.15, -0.1) is 24.9 Å². The van der Waals surface area contributed by atoms with E-state index in [0.29, 0.717) is 19.4 Å². The van der Waals surface area contributed by atoms with E-state index >= 15 is 0 Å². The molecule has 2 unspecified atom stereocenters. The Balaban J connectivity index is 1.71. The van der Waals surface area contributed by atoms with E-state index in [9.17, 15) is 19.5 Å². The van der Waals surface area contributed by atoms with Crippen molar-refractivity contribution in [2.45, 2.75) is 88.3 Å². The molecule has 9 heteroatoms. The van der Waals surface area contributed by atoms with Crippen LogP contribution in [-0.4, -0.2) is 82.7 Å². The smallest absolute Gasteiger partial charge is 0.310 e. The minimum absolute atomic E-state index is 0.0686. The molecule has 3 heterocycles. The van der Waals surface area contributed by atoms with E-state index in [0.717, 1.165) is 50.1 Å². The number of aliphatic hydroxyl groups is 1. The number of anilines is 2. The van der Waals surface area contributed by atoms with Gasteiger partial charge in [-0.1, -0.05) is 26.0 Å². The standard InChI is InChI=1S/C35H51N3O5S/c1-7-11-12-13-21-43-34(42)29-28-18-19-35(44-28)30(29)32(40)38(27(23-39)22-24(5)6)31(35)33(41)37(20-8-2)26-16-14-25(15-17-26)36(9-3)10-4/h7-8,14-17,24,27-31,39H,1-2,9-13,18-23H2,3-6H3/t27-,28-,29+,30+,31?,35?/m1/s1. The highest BCUT2D eigenvalue weighted by atomic mass is 32.2. The molecule has 0 aromatic heterocycles. The lowest BCUT2D eigenvalue weighted by molar-refractivity contribution is -0.154. The molecule has 1 N–H and O–H groups in total. The molecule has 4 rings (SSSR count). The molecule has 1 spiro atoms. The number of rotatable bonds is 17. The molecule has 8 nitrogen and oxygen atoms in total. The number of allylic oxidation sites excluding steroid dienone is 1. The molecule has 3 saturated heterocycles. The average Bonchev–Trinajstić information content (AvgIpc) is 3.66. The molecule has 0 saturated carbocycles. The van der Waals surface area contributed by atoms with Crippen LogP contribution >= 0.6 is 11.8 Å². The zero-order valence-corrected chi connectivity index (χ0v) is 27.8. The second-order valence-corrected chi connectivity index (χ2v) is 14.2. The van der Waals surface area contributed by atoms with Crippen molar-refractivity contribution in [3.05, 3.63) is 49.6 Å². The Morgan fingerprint density at radius 1 is 1.14 bits per heavy atom. The Morgan fingerprint density at radius 2 is 1.82 bits per heavy atom. The molecule has 3 fully saturated rings. The van der Waals surface area contributed by atoms with Gasteiger partial charge in [0, 0.05) is 36.3 Å². The van der Waals surface area contributed by atoms with Gasteiger partial charge in [-0.2, -0.15) is 0 Å². The van der Waals surface area contributed by atoms with Crippen LogP contribution in [0.2, 0.25) is 0 Å². The van der Waals surface area contributed by atoms with Gasteiger partial charge in [-0.05, 0) is 82.6 Å². The van der Waals surface area contributed by atoms with Gasteiger partial charge in [0.2, 0.25) is 5.91 Å². The Morgan fingerprint density at radius 3 is 2.41 bits per heavy atom. The van der Waals surface area contributed by atoms with E-state index in [-0.39, 0.29) is 42.1 Å². The van der Waals surface area contributed by atoms with Gasteiger partial charge in [-0.25, -0.2) is 0 Å². The minimum Gasteiger partial charge on any atom is -0.465 e. The number of hydrogen-bond donors (Lipinski definition) is 1. The van der Waals surface area contributed by atoms with Crippen molar-refractivity contribution < 1.29 is 24.2 Å². The molecule has 0 radical (unpaired) electrons. The summed E-state index contributed by atoms with van der Waals surface area (Å²) in [4.78, 5) is 48.5. The van der Waals surface area contributed by atoms with Crippen LogP contribution < -0.4 is 9.80 Å². The monoisotopic (exact) mass is 625 g/mol. The van der Waals surface area contributed by atoms with Crippen LogP contribution in [0.25, 0.3) is 0 Å². The van der Waals surface area contributed by atoms with Crippen LogP contribution in [0.1, 0.15) is 66.2 Å². The summed E-state index contributed by atoms with van der Waals surface area (Å²) >= 11 is 1.63. The first-order valence-corrected chi connectivity index (χ1v) is 17.2. The van der Waals surface area contributed by atoms with Gasteiger partial charge < -0.3 is 24.5 Å². The third-order valence-corrected chi connectivity index (χ3v) is 11.5. The fraction of sp³-hybridized carbons (Fsp3) is 0.629. The van der Waals surface area contributed by atoms with Gasteiger partial charge >= 0.3 is 5.97 Å². The van der Waals surface area contributed by atoms with E-state index in [4.69, 9.17) is 4.74 Å². The number of benzene rings is 1. The van der Waals surface area contributed by atoms with E-state index in [1.165, 1.54) is 0 Å². The van der Waals surface area contributed by atoms with Crippen LogP contribution in [0.3, 0.4) is 0 Å².